The summed E-state index contributed by atoms with van der Waals surface area (Å²) in [5.74, 6) is -0.193. The van der Waals surface area contributed by atoms with Crippen LogP contribution in [-0.4, -0.2) is 55.0 Å². The molecule has 2 aliphatic heterocycles. The Morgan fingerprint density at radius 2 is 1.65 bits per heavy atom. The van der Waals surface area contributed by atoms with Crippen molar-refractivity contribution in [1.29, 1.82) is 0 Å². The maximum atomic E-state index is 12.2. The maximum absolute atomic E-state index is 12.2. The highest BCUT2D eigenvalue weighted by Gasteiger charge is 2.38. The van der Waals surface area contributed by atoms with Gasteiger partial charge in [-0.3, -0.25) is 19.4 Å². The quantitative estimate of drug-likeness (QED) is 0.576. The first-order valence-electron chi connectivity index (χ1n) is 7.21. The largest absolute Gasteiger partial charge is 0.490 e. The van der Waals surface area contributed by atoms with Crippen LogP contribution < -0.4 is 9.47 Å². The molecule has 1 fully saturated rings. The molecule has 7 heteroatoms. The number of nitrogens with zero attached hydrogens (tertiary/aromatic N) is 2. The van der Waals surface area contributed by atoms with E-state index >= 15 is 0 Å². The molecule has 0 aliphatic carbocycles. The predicted octanol–water partition coefficient (Wildman–Crippen LogP) is 1.28. The number of likely N-dealkylation sites (N-methyl/N-ethyl adjacent to an activating group) is 2. The molecule has 0 N–H and O–H groups in total. The van der Waals surface area contributed by atoms with Crippen molar-refractivity contribution in [3.63, 3.8) is 0 Å². The van der Waals surface area contributed by atoms with E-state index in [2.05, 4.69) is 0 Å². The van der Waals surface area contributed by atoms with E-state index in [-0.39, 0.29) is 5.57 Å². The Hall–Kier alpha value is -2.83. The zero-order valence-electron chi connectivity index (χ0n) is 12.9. The fraction of sp³-hybridized carbons (Fsp3) is 0.312. The van der Waals surface area contributed by atoms with Gasteiger partial charge in [0.15, 0.2) is 11.5 Å². The minimum Gasteiger partial charge on any atom is -0.490 e. The molecule has 0 atom stereocenters. The second-order valence-electron chi connectivity index (χ2n) is 5.29. The van der Waals surface area contributed by atoms with E-state index < -0.39 is 17.8 Å². The minimum atomic E-state index is -0.649. The average Bonchev–Trinajstić information content (AvgIpc) is 2.81. The molecule has 7 nitrogen and oxygen atoms in total. The summed E-state index contributed by atoms with van der Waals surface area (Å²) in [6.45, 7) is 1.04. The molecule has 2 heterocycles. The van der Waals surface area contributed by atoms with Crippen molar-refractivity contribution in [2.24, 2.45) is 0 Å². The van der Waals surface area contributed by atoms with Gasteiger partial charge in [0.1, 0.15) is 5.57 Å². The van der Waals surface area contributed by atoms with Crippen molar-refractivity contribution in [2.45, 2.75) is 6.42 Å². The molecular formula is C16H16N2O5. The van der Waals surface area contributed by atoms with E-state index in [1.165, 1.54) is 20.2 Å². The van der Waals surface area contributed by atoms with Crippen LogP contribution in [0.1, 0.15) is 12.0 Å². The van der Waals surface area contributed by atoms with Crippen molar-refractivity contribution in [3.05, 3.63) is 29.3 Å². The van der Waals surface area contributed by atoms with Crippen LogP contribution in [0.5, 0.6) is 11.5 Å². The van der Waals surface area contributed by atoms with Gasteiger partial charge in [-0.2, -0.15) is 0 Å². The Bertz CT molecular complexity index is 699. The lowest BCUT2D eigenvalue weighted by atomic mass is 10.1. The van der Waals surface area contributed by atoms with Crippen LogP contribution in [0.2, 0.25) is 0 Å². The van der Waals surface area contributed by atoms with Crippen LogP contribution >= 0.6 is 0 Å². The van der Waals surface area contributed by atoms with Crippen LogP contribution in [0.15, 0.2) is 23.8 Å². The van der Waals surface area contributed by atoms with Gasteiger partial charge in [-0.25, -0.2) is 4.79 Å². The summed E-state index contributed by atoms with van der Waals surface area (Å²) in [6, 6.07) is 4.62. The number of amides is 4. The lowest BCUT2D eigenvalue weighted by Gasteiger charge is -2.29. The molecule has 0 bridgehead atoms. The predicted molar refractivity (Wildman–Crippen MR) is 81.0 cm³/mol. The number of barbiturate groups is 1. The number of imide groups is 2. The zero-order chi connectivity index (χ0) is 16.6. The molecule has 4 amide bonds. The third-order valence-electron chi connectivity index (χ3n) is 3.75. The highest BCUT2D eigenvalue weighted by Crippen LogP contribution is 2.35. The number of hydrogen-bond acceptors (Lipinski definition) is 5. The van der Waals surface area contributed by atoms with Gasteiger partial charge in [0.2, 0.25) is 0 Å². The number of rotatable bonds is 1. The molecule has 0 radical (unpaired) electrons. The first-order valence-corrected chi connectivity index (χ1v) is 7.21. The van der Waals surface area contributed by atoms with Crippen molar-refractivity contribution < 1.29 is 23.9 Å². The Balaban J connectivity index is 2.06. The first kappa shape index (κ1) is 15.1. The highest BCUT2D eigenvalue weighted by molar-refractivity contribution is 6.30. The lowest BCUT2D eigenvalue weighted by Crippen LogP contribution is -2.52. The van der Waals surface area contributed by atoms with Gasteiger partial charge in [0.05, 0.1) is 13.2 Å². The second kappa shape index (κ2) is 5.75. The fourth-order valence-electron chi connectivity index (χ4n) is 2.46. The number of benzene rings is 1. The van der Waals surface area contributed by atoms with Crippen molar-refractivity contribution in [1.82, 2.24) is 9.80 Å². The molecule has 0 saturated carbocycles. The number of carbonyl (C=O) groups excluding carboxylic acids is 3. The third-order valence-corrected chi connectivity index (χ3v) is 3.75. The summed E-state index contributed by atoms with van der Waals surface area (Å²) in [5, 5.41) is 0. The summed E-state index contributed by atoms with van der Waals surface area (Å²) in [6.07, 6.45) is 2.19. The minimum absolute atomic E-state index is 0.0872. The average molecular weight is 316 g/mol. The number of carbonyl (C=O) groups is 3. The Labute approximate surface area is 133 Å². The summed E-state index contributed by atoms with van der Waals surface area (Å²) < 4.78 is 11.3. The van der Waals surface area contributed by atoms with E-state index in [9.17, 15) is 14.4 Å². The second-order valence-corrected chi connectivity index (χ2v) is 5.29. The van der Waals surface area contributed by atoms with E-state index in [4.69, 9.17) is 9.47 Å². The topological polar surface area (TPSA) is 76.2 Å². The fourth-order valence-corrected chi connectivity index (χ4v) is 2.46. The van der Waals surface area contributed by atoms with Crippen LogP contribution in [0, 0.1) is 0 Å². The van der Waals surface area contributed by atoms with Crippen LogP contribution in [-0.2, 0) is 9.59 Å². The molecule has 1 aromatic rings. The van der Waals surface area contributed by atoms with Gasteiger partial charge in [0.25, 0.3) is 11.8 Å². The van der Waals surface area contributed by atoms with Gasteiger partial charge in [0, 0.05) is 26.1 Å². The van der Waals surface area contributed by atoms with Gasteiger partial charge in [-0.1, -0.05) is 12.1 Å². The van der Waals surface area contributed by atoms with Gasteiger partial charge in [-0.15, -0.1) is 0 Å². The normalized spacial score (nSPS) is 18.2. The molecule has 0 spiro atoms. The number of hydrogen-bond donors (Lipinski definition) is 0. The molecule has 1 saturated heterocycles. The van der Waals surface area contributed by atoms with E-state index in [1.807, 2.05) is 0 Å². The van der Waals surface area contributed by atoms with E-state index in [1.54, 1.807) is 18.2 Å². The standard InChI is InChI=1S/C16H16N2O5/c1-17-14(19)11(15(20)18(2)16(17)21)9-10-5-3-6-12-13(10)23-8-4-7-22-12/h3,5-6,9H,4,7-8H2,1-2H3. The van der Waals surface area contributed by atoms with Gasteiger partial charge < -0.3 is 9.47 Å². The molecule has 3 rings (SSSR count). The number of fused-ring (bicyclic) bond motifs is 1. The van der Waals surface area contributed by atoms with Crippen molar-refractivity contribution in [3.8, 4) is 11.5 Å². The maximum Gasteiger partial charge on any atom is 0.333 e. The van der Waals surface area contributed by atoms with Crippen LogP contribution in [0.4, 0.5) is 4.79 Å². The molecule has 120 valence electrons. The van der Waals surface area contributed by atoms with Gasteiger partial charge >= 0.3 is 6.03 Å². The monoisotopic (exact) mass is 316 g/mol. The molecular weight excluding hydrogens is 300 g/mol. The lowest BCUT2D eigenvalue weighted by molar-refractivity contribution is -0.134. The summed E-state index contributed by atoms with van der Waals surface area (Å²) in [7, 11) is 2.68. The molecule has 1 aromatic carbocycles. The third kappa shape index (κ3) is 2.54. The Kier molecular flexibility index (Phi) is 3.77. The van der Waals surface area contributed by atoms with Crippen molar-refractivity contribution >= 4 is 23.9 Å². The van der Waals surface area contributed by atoms with Crippen LogP contribution in [0.25, 0.3) is 6.08 Å². The first-order chi connectivity index (χ1) is 11.0. The molecule has 0 unspecified atom stereocenters. The molecule has 0 aromatic heterocycles. The van der Waals surface area contributed by atoms with E-state index in [0.717, 1.165) is 16.2 Å². The Morgan fingerprint density at radius 3 is 2.35 bits per heavy atom. The number of urea groups is 1. The smallest absolute Gasteiger partial charge is 0.333 e. The molecule has 2 aliphatic rings. The zero-order valence-corrected chi connectivity index (χ0v) is 12.9. The number of ether oxygens (including phenoxy) is 2. The van der Waals surface area contributed by atoms with Crippen molar-refractivity contribution in [2.75, 3.05) is 27.3 Å². The highest BCUT2D eigenvalue weighted by atomic mass is 16.5. The molecule has 23 heavy (non-hydrogen) atoms. The van der Waals surface area contributed by atoms with E-state index in [0.29, 0.717) is 30.3 Å². The summed E-state index contributed by atoms with van der Waals surface area (Å²) in [5.41, 5.74) is 0.480. The van der Waals surface area contributed by atoms with Crippen LogP contribution in [0.3, 0.4) is 0 Å². The SMILES string of the molecule is CN1C(=O)C(=Cc2cccc3c2OCCCO3)C(=O)N(C)C1=O. The summed E-state index contributed by atoms with van der Waals surface area (Å²) >= 11 is 0. The van der Waals surface area contributed by atoms with Gasteiger partial charge in [-0.05, 0) is 12.1 Å². The summed E-state index contributed by atoms with van der Waals surface area (Å²) in [4.78, 5) is 38.1. The number of para-hydroxylation sites is 1. The Morgan fingerprint density at radius 1 is 1.00 bits per heavy atom.